The molecule has 0 aromatic rings. The molecule has 0 saturated carbocycles. The van der Waals surface area contributed by atoms with E-state index in [2.05, 4.69) is 80.8 Å². The van der Waals surface area contributed by atoms with Crippen molar-refractivity contribution in [1.82, 2.24) is 0 Å². The fraction of sp³-hybridized carbons (Fsp3) is 0.789. The lowest BCUT2D eigenvalue weighted by atomic mass is 9.76. The van der Waals surface area contributed by atoms with Crippen molar-refractivity contribution in [2.45, 2.75) is 87.2 Å². The van der Waals surface area contributed by atoms with E-state index >= 15 is 0 Å². The van der Waals surface area contributed by atoms with Crippen LogP contribution in [0.1, 0.15) is 48.0 Å². The summed E-state index contributed by atoms with van der Waals surface area (Å²) in [6, 6.07) is 0. The average Bonchev–Trinajstić information content (AvgIpc) is 2.50. The Hall–Kier alpha value is -0.486. The van der Waals surface area contributed by atoms with Gasteiger partial charge in [0, 0.05) is 12.0 Å². The van der Waals surface area contributed by atoms with Crippen molar-refractivity contribution in [1.29, 1.82) is 0 Å². The van der Waals surface area contributed by atoms with Crippen molar-refractivity contribution >= 4 is 16.6 Å². The molecule has 1 rings (SSSR count). The second kappa shape index (κ2) is 6.10. The Bertz CT molecular complexity index is 516. The molecule has 1 aliphatic carbocycles. The molecule has 0 aromatic heterocycles. The standard InChI is InChI=1S/C19H38O2Si2/c1-18(2,3)14-13-15(20-22(7,8)9)17(21-23(10,11)12)16(14)19(4,5)6/h13H2,1-12H3. The van der Waals surface area contributed by atoms with Gasteiger partial charge in [-0.25, -0.2) is 0 Å². The second-order valence-corrected chi connectivity index (χ2v) is 19.6. The fourth-order valence-electron chi connectivity index (χ4n) is 2.91. The third-order valence-corrected chi connectivity index (χ3v) is 5.29. The van der Waals surface area contributed by atoms with Crippen molar-refractivity contribution in [2.75, 3.05) is 0 Å². The van der Waals surface area contributed by atoms with Gasteiger partial charge in [-0.3, -0.25) is 0 Å². The first kappa shape index (κ1) is 20.6. The highest BCUT2D eigenvalue weighted by molar-refractivity contribution is 6.70. The smallest absolute Gasteiger partial charge is 0.242 e. The highest BCUT2D eigenvalue weighted by Crippen LogP contribution is 2.50. The van der Waals surface area contributed by atoms with Gasteiger partial charge in [0.1, 0.15) is 11.5 Å². The summed E-state index contributed by atoms with van der Waals surface area (Å²) in [6.45, 7) is 27.3. The van der Waals surface area contributed by atoms with Crippen LogP contribution >= 0.6 is 0 Å². The lowest BCUT2D eigenvalue weighted by Crippen LogP contribution is -2.30. The molecule has 0 saturated heterocycles. The molecule has 0 bridgehead atoms. The van der Waals surface area contributed by atoms with Crippen molar-refractivity contribution in [3.05, 3.63) is 22.7 Å². The molecule has 4 heteroatoms. The van der Waals surface area contributed by atoms with Gasteiger partial charge in [-0.1, -0.05) is 41.5 Å². The minimum absolute atomic E-state index is 0.0577. The Morgan fingerprint density at radius 3 is 1.43 bits per heavy atom. The Kier molecular flexibility index (Phi) is 5.46. The molecule has 0 heterocycles. The van der Waals surface area contributed by atoms with Gasteiger partial charge >= 0.3 is 0 Å². The van der Waals surface area contributed by atoms with Gasteiger partial charge in [-0.15, -0.1) is 0 Å². The second-order valence-electron chi connectivity index (χ2n) is 10.7. The summed E-state index contributed by atoms with van der Waals surface area (Å²) in [4.78, 5) is 0. The van der Waals surface area contributed by atoms with Gasteiger partial charge in [-0.05, 0) is 55.7 Å². The molecular weight excluding hydrogens is 316 g/mol. The van der Waals surface area contributed by atoms with Crippen molar-refractivity contribution in [3.8, 4) is 0 Å². The monoisotopic (exact) mass is 354 g/mol. The average molecular weight is 355 g/mol. The van der Waals surface area contributed by atoms with Gasteiger partial charge in [0.05, 0.1) is 0 Å². The highest BCUT2D eigenvalue weighted by Gasteiger charge is 2.41. The van der Waals surface area contributed by atoms with E-state index in [0.717, 1.165) is 17.9 Å². The lowest BCUT2D eigenvalue weighted by molar-refractivity contribution is 0.334. The molecule has 23 heavy (non-hydrogen) atoms. The van der Waals surface area contributed by atoms with Gasteiger partial charge in [0.15, 0.2) is 0 Å². The van der Waals surface area contributed by atoms with Crippen molar-refractivity contribution in [2.24, 2.45) is 10.8 Å². The largest absolute Gasteiger partial charge is 0.544 e. The summed E-state index contributed by atoms with van der Waals surface area (Å²) in [7, 11) is -3.37. The molecule has 0 fully saturated rings. The first-order valence-corrected chi connectivity index (χ1v) is 15.6. The van der Waals surface area contributed by atoms with Crippen LogP contribution in [0, 0.1) is 10.8 Å². The predicted molar refractivity (Wildman–Crippen MR) is 106 cm³/mol. The molecule has 0 radical (unpaired) electrons. The highest BCUT2D eigenvalue weighted by atomic mass is 28.4. The summed E-state index contributed by atoms with van der Waals surface area (Å²) in [5.41, 5.74) is 3.04. The van der Waals surface area contributed by atoms with Crippen LogP contribution in [0.15, 0.2) is 22.7 Å². The molecule has 0 N–H and O–H groups in total. The first-order valence-electron chi connectivity index (χ1n) is 8.77. The van der Waals surface area contributed by atoms with Crippen LogP contribution in [0.4, 0.5) is 0 Å². The van der Waals surface area contributed by atoms with E-state index in [9.17, 15) is 0 Å². The molecule has 0 amide bonds. The molecule has 1 aliphatic rings. The quantitative estimate of drug-likeness (QED) is 0.523. The fourth-order valence-corrected chi connectivity index (χ4v) is 4.64. The lowest BCUT2D eigenvalue weighted by Gasteiger charge is -2.32. The van der Waals surface area contributed by atoms with E-state index in [1.54, 1.807) is 0 Å². The SMILES string of the molecule is CC(C)(C)C1=C(C(C)(C)C)C(O[Si](C)(C)C)=C(O[Si](C)(C)C)C1. The van der Waals surface area contributed by atoms with E-state index in [0.29, 0.717) is 0 Å². The van der Waals surface area contributed by atoms with Gasteiger partial charge < -0.3 is 8.85 Å². The molecule has 0 unspecified atom stereocenters. The maximum Gasteiger partial charge on any atom is 0.242 e. The summed E-state index contributed by atoms with van der Waals surface area (Å²) >= 11 is 0. The van der Waals surface area contributed by atoms with Crippen molar-refractivity contribution < 1.29 is 8.85 Å². The molecular formula is C19H38O2Si2. The molecule has 0 aromatic carbocycles. The van der Waals surface area contributed by atoms with Crippen molar-refractivity contribution in [3.63, 3.8) is 0 Å². The molecule has 0 aliphatic heterocycles. The van der Waals surface area contributed by atoms with Crippen LogP contribution in [0.3, 0.4) is 0 Å². The van der Waals surface area contributed by atoms with E-state index < -0.39 is 16.6 Å². The summed E-state index contributed by atoms with van der Waals surface area (Å²) in [6.07, 6.45) is 0.903. The van der Waals surface area contributed by atoms with Gasteiger partial charge in [0.25, 0.3) is 0 Å². The molecule has 0 spiro atoms. The Balaban J connectivity index is 3.51. The third kappa shape index (κ3) is 5.82. The van der Waals surface area contributed by atoms with Crippen LogP contribution < -0.4 is 0 Å². The van der Waals surface area contributed by atoms with E-state index in [1.807, 2.05) is 0 Å². The minimum Gasteiger partial charge on any atom is -0.544 e. The van der Waals surface area contributed by atoms with Crippen LogP contribution in [0.5, 0.6) is 0 Å². The molecule has 134 valence electrons. The number of hydrogen-bond acceptors (Lipinski definition) is 2. The Morgan fingerprint density at radius 1 is 0.696 bits per heavy atom. The summed E-state index contributed by atoms with van der Waals surface area (Å²) in [5, 5.41) is 0. The van der Waals surface area contributed by atoms with E-state index in [-0.39, 0.29) is 10.8 Å². The molecule has 2 nitrogen and oxygen atoms in total. The van der Waals surface area contributed by atoms with Crippen LogP contribution in [0.2, 0.25) is 39.3 Å². The van der Waals surface area contributed by atoms with E-state index in [4.69, 9.17) is 8.85 Å². The Labute approximate surface area is 146 Å². The number of allylic oxidation sites excluding steroid dienone is 2. The van der Waals surface area contributed by atoms with E-state index in [1.165, 1.54) is 11.1 Å². The van der Waals surface area contributed by atoms with Crippen LogP contribution in [-0.2, 0) is 8.85 Å². The van der Waals surface area contributed by atoms with Crippen LogP contribution in [0.25, 0.3) is 0 Å². The third-order valence-electron chi connectivity index (χ3n) is 3.61. The summed E-state index contributed by atoms with van der Waals surface area (Å²) in [5.74, 6) is 2.14. The Morgan fingerprint density at radius 2 is 1.13 bits per heavy atom. The molecule has 0 atom stereocenters. The predicted octanol–water partition coefficient (Wildman–Crippen LogP) is 6.69. The van der Waals surface area contributed by atoms with Gasteiger partial charge in [0.2, 0.25) is 16.6 Å². The minimum atomic E-state index is -1.71. The van der Waals surface area contributed by atoms with Gasteiger partial charge in [-0.2, -0.15) is 0 Å². The zero-order chi connectivity index (χ0) is 18.4. The normalized spacial score (nSPS) is 17.9. The maximum atomic E-state index is 6.58. The zero-order valence-electron chi connectivity index (χ0n) is 17.5. The van der Waals surface area contributed by atoms with Crippen LogP contribution in [-0.4, -0.2) is 16.6 Å². The number of rotatable bonds is 4. The topological polar surface area (TPSA) is 18.5 Å². The zero-order valence-corrected chi connectivity index (χ0v) is 19.5. The first-order chi connectivity index (χ1) is 9.92. The maximum absolute atomic E-state index is 6.58. The number of hydrogen-bond donors (Lipinski definition) is 0. The summed E-state index contributed by atoms with van der Waals surface area (Å²) < 4.78 is 13.1.